The number of hydrogen-bond acceptors (Lipinski definition) is 2. The van der Waals surface area contributed by atoms with Crippen molar-refractivity contribution in [3.63, 3.8) is 0 Å². The molecule has 1 N–H and O–H groups in total. The zero-order valence-electron chi connectivity index (χ0n) is 11.8. The molecule has 0 fully saturated rings. The molecule has 2 rings (SSSR count). The summed E-state index contributed by atoms with van der Waals surface area (Å²) >= 11 is 0. The molecule has 1 aromatic carbocycles. The Kier molecular flexibility index (Phi) is 4.65. The third-order valence-electron chi connectivity index (χ3n) is 3.65. The Labute approximate surface area is 111 Å². The molecule has 2 unspecified atom stereocenters. The van der Waals surface area contributed by atoms with Gasteiger partial charge in [0.1, 0.15) is 5.75 Å². The van der Waals surface area contributed by atoms with Crippen LogP contribution in [0.1, 0.15) is 45.2 Å². The highest BCUT2D eigenvalue weighted by Gasteiger charge is 2.26. The normalized spacial score (nSPS) is 22.7. The van der Waals surface area contributed by atoms with Crippen LogP contribution in [0.25, 0.3) is 0 Å². The number of nitrogens with one attached hydrogen (secondary N) is 1. The summed E-state index contributed by atoms with van der Waals surface area (Å²) in [5.74, 6) is 2.39. The van der Waals surface area contributed by atoms with Crippen molar-refractivity contribution in [3.05, 3.63) is 29.8 Å². The summed E-state index contributed by atoms with van der Waals surface area (Å²) in [4.78, 5) is 0. The van der Waals surface area contributed by atoms with Gasteiger partial charge >= 0.3 is 0 Å². The molecule has 18 heavy (non-hydrogen) atoms. The summed E-state index contributed by atoms with van der Waals surface area (Å²) in [5, 5.41) is 3.70. The zero-order valence-corrected chi connectivity index (χ0v) is 11.8. The van der Waals surface area contributed by atoms with Crippen molar-refractivity contribution in [2.45, 2.75) is 39.7 Å². The molecule has 2 heteroatoms. The van der Waals surface area contributed by atoms with Gasteiger partial charge in [-0.15, -0.1) is 0 Å². The fourth-order valence-corrected chi connectivity index (χ4v) is 2.57. The predicted octanol–water partition coefficient (Wildman–Crippen LogP) is 3.78. The van der Waals surface area contributed by atoms with Crippen molar-refractivity contribution < 1.29 is 4.74 Å². The predicted molar refractivity (Wildman–Crippen MR) is 75.9 cm³/mol. The van der Waals surface area contributed by atoms with E-state index in [2.05, 4.69) is 44.3 Å². The number of ether oxygens (including phenoxy) is 1. The first-order valence-electron chi connectivity index (χ1n) is 7.13. The van der Waals surface area contributed by atoms with Crippen molar-refractivity contribution >= 4 is 0 Å². The minimum absolute atomic E-state index is 0.446. The molecular formula is C16H25NO. The largest absolute Gasteiger partial charge is 0.493 e. The summed E-state index contributed by atoms with van der Waals surface area (Å²) in [6, 6.07) is 8.85. The van der Waals surface area contributed by atoms with Crippen LogP contribution in [0.15, 0.2) is 24.3 Å². The lowest BCUT2D eigenvalue weighted by Gasteiger charge is -2.32. The van der Waals surface area contributed by atoms with Crippen LogP contribution in [0.5, 0.6) is 5.75 Å². The number of fused-ring (bicyclic) bond motifs is 1. The van der Waals surface area contributed by atoms with Gasteiger partial charge in [0.25, 0.3) is 0 Å². The fourth-order valence-electron chi connectivity index (χ4n) is 2.57. The molecule has 0 amide bonds. The van der Waals surface area contributed by atoms with Crippen molar-refractivity contribution in [1.82, 2.24) is 5.32 Å². The number of rotatable bonds is 5. The number of para-hydroxylation sites is 1. The molecule has 1 aromatic rings. The Bertz CT molecular complexity index is 375. The van der Waals surface area contributed by atoms with Gasteiger partial charge in [0.05, 0.1) is 6.61 Å². The molecule has 0 spiro atoms. The number of benzene rings is 1. The van der Waals surface area contributed by atoms with Crippen LogP contribution < -0.4 is 10.1 Å². The Morgan fingerprint density at radius 1 is 1.33 bits per heavy atom. The van der Waals surface area contributed by atoms with Crippen molar-refractivity contribution in [1.29, 1.82) is 0 Å². The quantitative estimate of drug-likeness (QED) is 0.799. The fraction of sp³-hybridized carbons (Fsp3) is 0.625. The molecule has 2 nitrogen and oxygen atoms in total. The highest BCUT2D eigenvalue weighted by atomic mass is 16.5. The lowest BCUT2D eigenvalue weighted by Crippen LogP contribution is -2.34. The third kappa shape index (κ3) is 3.26. The second-order valence-electron chi connectivity index (χ2n) is 5.79. The second kappa shape index (κ2) is 6.24. The Morgan fingerprint density at radius 3 is 2.89 bits per heavy atom. The van der Waals surface area contributed by atoms with E-state index in [1.807, 2.05) is 6.07 Å². The van der Waals surface area contributed by atoms with E-state index in [0.29, 0.717) is 12.0 Å². The summed E-state index contributed by atoms with van der Waals surface area (Å²) in [6.07, 6.45) is 2.55. The standard InChI is InChI=1S/C16H25NO/c1-12(2)7-6-10-17-16-13(3)11-18-15-9-5-4-8-14(15)16/h4-5,8-9,12-13,16-17H,6-7,10-11H2,1-3H3. The maximum atomic E-state index is 5.77. The van der Waals surface area contributed by atoms with E-state index in [0.717, 1.165) is 24.8 Å². The van der Waals surface area contributed by atoms with Crippen molar-refractivity contribution in [3.8, 4) is 5.75 Å². The molecule has 0 saturated heterocycles. The highest BCUT2D eigenvalue weighted by molar-refractivity contribution is 5.37. The molecule has 0 aliphatic carbocycles. The summed E-state index contributed by atoms with van der Waals surface area (Å²) in [6.45, 7) is 8.75. The molecule has 100 valence electrons. The molecule has 1 aliphatic rings. The lowest BCUT2D eigenvalue weighted by atomic mass is 9.92. The second-order valence-corrected chi connectivity index (χ2v) is 5.79. The Morgan fingerprint density at radius 2 is 2.11 bits per heavy atom. The van der Waals surface area contributed by atoms with Gasteiger partial charge in [0.2, 0.25) is 0 Å². The van der Waals surface area contributed by atoms with E-state index in [1.54, 1.807) is 0 Å². The van der Waals surface area contributed by atoms with E-state index >= 15 is 0 Å². The third-order valence-corrected chi connectivity index (χ3v) is 3.65. The van der Waals surface area contributed by atoms with Gasteiger partial charge in [-0.05, 0) is 31.4 Å². The molecule has 0 saturated carbocycles. The molecule has 1 aliphatic heterocycles. The maximum absolute atomic E-state index is 5.77. The van der Waals surface area contributed by atoms with Gasteiger partial charge in [-0.25, -0.2) is 0 Å². The highest BCUT2D eigenvalue weighted by Crippen LogP contribution is 2.34. The first-order valence-corrected chi connectivity index (χ1v) is 7.13. The average molecular weight is 247 g/mol. The van der Waals surface area contributed by atoms with Crippen LogP contribution in [0.2, 0.25) is 0 Å². The van der Waals surface area contributed by atoms with Gasteiger partial charge in [-0.2, -0.15) is 0 Å². The van der Waals surface area contributed by atoms with Gasteiger partial charge in [0.15, 0.2) is 0 Å². The first kappa shape index (κ1) is 13.4. The molecule has 2 atom stereocenters. The van der Waals surface area contributed by atoms with Gasteiger partial charge < -0.3 is 10.1 Å². The maximum Gasteiger partial charge on any atom is 0.124 e. The monoisotopic (exact) mass is 247 g/mol. The van der Waals surface area contributed by atoms with Crippen LogP contribution in [0.4, 0.5) is 0 Å². The zero-order chi connectivity index (χ0) is 13.0. The minimum atomic E-state index is 0.446. The number of hydrogen-bond donors (Lipinski definition) is 1. The molecule has 0 bridgehead atoms. The topological polar surface area (TPSA) is 21.3 Å². The van der Waals surface area contributed by atoms with Crippen LogP contribution in [0, 0.1) is 11.8 Å². The first-order chi connectivity index (χ1) is 8.68. The van der Waals surface area contributed by atoms with E-state index in [-0.39, 0.29) is 0 Å². The van der Waals surface area contributed by atoms with Crippen molar-refractivity contribution in [2.75, 3.05) is 13.2 Å². The summed E-state index contributed by atoms with van der Waals surface area (Å²) < 4.78 is 5.77. The van der Waals surface area contributed by atoms with Crippen LogP contribution in [0.3, 0.4) is 0 Å². The lowest BCUT2D eigenvalue weighted by molar-refractivity contribution is 0.188. The average Bonchev–Trinajstić information content (AvgIpc) is 2.36. The van der Waals surface area contributed by atoms with E-state index in [4.69, 9.17) is 4.74 Å². The van der Waals surface area contributed by atoms with Crippen LogP contribution in [-0.4, -0.2) is 13.2 Å². The Hall–Kier alpha value is -1.02. The minimum Gasteiger partial charge on any atom is -0.493 e. The molecule has 0 radical (unpaired) electrons. The SMILES string of the molecule is CC(C)CCCNC1c2ccccc2OCC1C. The van der Waals surface area contributed by atoms with E-state index in [9.17, 15) is 0 Å². The molecule has 0 aromatic heterocycles. The van der Waals surface area contributed by atoms with E-state index in [1.165, 1.54) is 18.4 Å². The van der Waals surface area contributed by atoms with Gasteiger partial charge in [0, 0.05) is 17.5 Å². The van der Waals surface area contributed by atoms with Gasteiger partial charge in [-0.1, -0.05) is 39.0 Å². The van der Waals surface area contributed by atoms with Crippen LogP contribution >= 0.6 is 0 Å². The molecular weight excluding hydrogens is 222 g/mol. The van der Waals surface area contributed by atoms with Crippen LogP contribution in [-0.2, 0) is 0 Å². The summed E-state index contributed by atoms with van der Waals surface area (Å²) in [7, 11) is 0. The van der Waals surface area contributed by atoms with Gasteiger partial charge in [-0.3, -0.25) is 0 Å². The summed E-state index contributed by atoms with van der Waals surface area (Å²) in [5.41, 5.74) is 1.32. The van der Waals surface area contributed by atoms with Crippen molar-refractivity contribution in [2.24, 2.45) is 11.8 Å². The van der Waals surface area contributed by atoms with E-state index < -0.39 is 0 Å². The Balaban J connectivity index is 1.94. The smallest absolute Gasteiger partial charge is 0.124 e. The molecule has 1 heterocycles.